The molecule has 1 aliphatic carbocycles. The van der Waals surface area contributed by atoms with E-state index in [0.717, 1.165) is 29.5 Å². The molecule has 0 fully saturated rings. The molecule has 0 bridgehead atoms. The first-order valence-corrected chi connectivity index (χ1v) is 10.2. The predicted molar refractivity (Wildman–Crippen MR) is 115 cm³/mol. The minimum atomic E-state index is -1.11. The van der Waals surface area contributed by atoms with Gasteiger partial charge in [-0.25, -0.2) is 8.78 Å². The lowest BCUT2D eigenvalue weighted by Gasteiger charge is -2.20. The fourth-order valence-corrected chi connectivity index (χ4v) is 4.05. The van der Waals surface area contributed by atoms with Gasteiger partial charge in [0.15, 0.2) is 11.6 Å². The number of ether oxygens (including phenoxy) is 1. The van der Waals surface area contributed by atoms with Crippen molar-refractivity contribution in [3.8, 4) is 16.9 Å². The largest absolute Gasteiger partial charge is 0.494 e. The second-order valence-electron chi connectivity index (χ2n) is 7.55. The summed E-state index contributed by atoms with van der Waals surface area (Å²) in [4.78, 5) is 0. The van der Waals surface area contributed by atoms with Gasteiger partial charge in [-0.05, 0) is 59.2 Å². The molecule has 0 atom stereocenters. The Bertz CT molecular complexity index is 1110. The molecular formula is C26H23F3O. The minimum absolute atomic E-state index is 0.0635. The van der Waals surface area contributed by atoms with Crippen LogP contribution in [0.1, 0.15) is 42.0 Å². The van der Waals surface area contributed by atoms with Gasteiger partial charge in [0, 0.05) is 11.1 Å². The highest BCUT2D eigenvalue weighted by atomic mass is 19.2. The van der Waals surface area contributed by atoms with Crippen LogP contribution < -0.4 is 4.74 Å². The number of rotatable bonds is 5. The van der Waals surface area contributed by atoms with Crippen molar-refractivity contribution in [1.82, 2.24) is 0 Å². The zero-order valence-electron chi connectivity index (χ0n) is 17.1. The van der Waals surface area contributed by atoms with Gasteiger partial charge in [-0.15, -0.1) is 0 Å². The van der Waals surface area contributed by atoms with Gasteiger partial charge in [0.1, 0.15) is 5.82 Å². The van der Waals surface area contributed by atoms with Crippen LogP contribution in [0.5, 0.6) is 5.75 Å². The van der Waals surface area contributed by atoms with Crippen molar-refractivity contribution in [2.75, 3.05) is 7.11 Å². The van der Waals surface area contributed by atoms with Crippen LogP contribution in [0.15, 0.2) is 48.5 Å². The Kier molecular flexibility index (Phi) is 5.67. The quantitative estimate of drug-likeness (QED) is 0.433. The highest BCUT2D eigenvalue weighted by Gasteiger charge is 2.22. The molecule has 0 spiro atoms. The summed E-state index contributed by atoms with van der Waals surface area (Å²) >= 11 is 0. The summed E-state index contributed by atoms with van der Waals surface area (Å²) in [6.45, 7) is 2.16. The average Bonchev–Trinajstić information content (AvgIpc) is 2.77. The van der Waals surface area contributed by atoms with Crippen LogP contribution in [0.4, 0.5) is 13.2 Å². The summed E-state index contributed by atoms with van der Waals surface area (Å²) in [6, 6.07) is 14.5. The number of halogens is 3. The lowest BCUT2D eigenvalue weighted by molar-refractivity contribution is 0.372. The van der Waals surface area contributed by atoms with Gasteiger partial charge in [-0.2, -0.15) is 4.39 Å². The summed E-state index contributed by atoms with van der Waals surface area (Å²) in [6.07, 6.45) is 5.36. The average molecular weight is 408 g/mol. The molecule has 0 amide bonds. The summed E-state index contributed by atoms with van der Waals surface area (Å²) in [5.41, 5.74) is 4.87. The van der Waals surface area contributed by atoms with Crippen LogP contribution >= 0.6 is 0 Å². The first-order chi connectivity index (χ1) is 14.5. The fraction of sp³-hybridized carbons (Fsp3) is 0.231. The Morgan fingerprint density at radius 3 is 2.20 bits per heavy atom. The Balaban J connectivity index is 1.70. The van der Waals surface area contributed by atoms with Crippen molar-refractivity contribution < 1.29 is 17.9 Å². The molecule has 1 nitrogen and oxygen atoms in total. The number of allylic oxidation sites excluding steroid dienone is 1. The maximum atomic E-state index is 15.3. The molecule has 3 aromatic carbocycles. The molecule has 0 radical (unpaired) electrons. The van der Waals surface area contributed by atoms with E-state index in [0.29, 0.717) is 18.4 Å². The molecule has 154 valence electrons. The van der Waals surface area contributed by atoms with Gasteiger partial charge < -0.3 is 4.74 Å². The molecular weight excluding hydrogens is 385 g/mol. The van der Waals surface area contributed by atoms with E-state index in [4.69, 9.17) is 4.74 Å². The molecule has 0 unspecified atom stereocenters. The van der Waals surface area contributed by atoms with E-state index in [1.807, 2.05) is 6.08 Å². The Morgan fingerprint density at radius 1 is 0.800 bits per heavy atom. The summed E-state index contributed by atoms with van der Waals surface area (Å²) in [7, 11) is 1.26. The van der Waals surface area contributed by atoms with Gasteiger partial charge in [0.2, 0.25) is 5.82 Å². The number of hydrogen-bond donors (Lipinski definition) is 0. The molecule has 1 aliphatic rings. The van der Waals surface area contributed by atoms with Crippen molar-refractivity contribution in [3.05, 3.63) is 88.2 Å². The third-order valence-corrected chi connectivity index (χ3v) is 5.67. The molecule has 0 saturated heterocycles. The third kappa shape index (κ3) is 3.62. The number of hydrogen-bond acceptors (Lipinski definition) is 1. The SMILES string of the molecule is CCCc1ccc(C2=Cc3ccc(-c4ccc(OC)c(F)c4F)c(F)c3CC2)cc1. The molecule has 0 N–H and O–H groups in total. The first kappa shape index (κ1) is 20.3. The summed E-state index contributed by atoms with van der Waals surface area (Å²) in [5, 5.41) is 0. The van der Waals surface area contributed by atoms with Crippen LogP contribution in [-0.2, 0) is 12.8 Å². The molecule has 0 aliphatic heterocycles. The van der Waals surface area contributed by atoms with E-state index in [-0.39, 0.29) is 16.9 Å². The lowest BCUT2D eigenvalue weighted by atomic mass is 9.86. The second-order valence-corrected chi connectivity index (χ2v) is 7.55. The van der Waals surface area contributed by atoms with Crippen LogP contribution in [0, 0.1) is 17.5 Å². The van der Waals surface area contributed by atoms with Crippen molar-refractivity contribution in [2.45, 2.75) is 32.6 Å². The Labute approximate surface area is 174 Å². The number of benzene rings is 3. The van der Waals surface area contributed by atoms with Gasteiger partial charge in [0.05, 0.1) is 7.11 Å². The zero-order valence-corrected chi connectivity index (χ0v) is 17.1. The maximum Gasteiger partial charge on any atom is 0.201 e. The van der Waals surface area contributed by atoms with Crippen LogP contribution in [0.3, 0.4) is 0 Å². The van der Waals surface area contributed by atoms with Crippen molar-refractivity contribution >= 4 is 11.6 Å². The van der Waals surface area contributed by atoms with Gasteiger partial charge >= 0.3 is 0 Å². The predicted octanol–water partition coefficient (Wildman–Crippen LogP) is 7.22. The van der Waals surface area contributed by atoms with E-state index in [1.54, 1.807) is 6.07 Å². The molecule has 0 aromatic heterocycles. The third-order valence-electron chi connectivity index (χ3n) is 5.67. The second kappa shape index (κ2) is 8.39. The standard InChI is InChI=1S/C26H23F3O/c1-3-4-16-5-7-17(8-6-16)18-9-11-20-19(15-18)10-12-21(24(20)27)22-13-14-23(30-2)26(29)25(22)28/h5-8,10,12-15H,3-4,9,11H2,1-2H3. The van der Waals surface area contributed by atoms with E-state index in [9.17, 15) is 8.78 Å². The van der Waals surface area contributed by atoms with E-state index in [2.05, 4.69) is 31.2 Å². The molecule has 0 saturated carbocycles. The van der Waals surface area contributed by atoms with Crippen LogP contribution in [-0.4, -0.2) is 7.11 Å². The van der Waals surface area contributed by atoms with Crippen LogP contribution in [0.25, 0.3) is 22.8 Å². The molecule has 0 heterocycles. The highest BCUT2D eigenvalue weighted by molar-refractivity contribution is 5.85. The Morgan fingerprint density at radius 2 is 1.50 bits per heavy atom. The minimum Gasteiger partial charge on any atom is -0.494 e. The molecule has 3 aromatic rings. The number of fused-ring (bicyclic) bond motifs is 1. The Hall–Kier alpha value is -3.01. The molecule has 4 heteroatoms. The monoisotopic (exact) mass is 408 g/mol. The first-order valence-electron chi connectivity index (χ1n) is 10.2. The van der Waals surface area contributed by atoms with Gasteiger partial charge in [-0.3, -0.25) is 0 Å². The van der Waals surface area contributed by atoms with Crippen LogP contribution in [0.2, 0.25) is 0 Å². The lowest BCUT2D eigenvalue weighted by Crippen LogP contribution is -2.05. The highest BCUT2D eigenvalue weighted by Crippen LogP contribution is 2.37. The summed E-state index contributed by atoms with van der Waals surface area (Å²) in [5.74, 6) is -2.91. The van der Waals surface area contributed by atoms with Crippen molar-refractivity contribution in [2.24, 2.45) is 0 Å². The zero-order chi connectivity index (χ0) is 21.3. The summed E-state index contributed by atoms with van der Waals surface area (Å²) < 4.78 is 48.6. The molecule has 30 heavy (non-hydrogen) atoms. The van der Waals surface area contributed by atoms with Crippen molar-refractivity contribution in [1.29, 1.82) is 0 Å². The van der Waals surface area contributed by atoms with Gasteiger partial charge in [0.25, 0.3) is 0 Å². The normalized spacial score (nSPS) is 13.0. The van der Waals surface area contributed by atoms with E-state index < -0.39 is 17.5 Å². The van der Waals surface area contributed by atoms with E-state index >= 15 is 4.39 Å². The number of methoxy groups -OCH3 is 1. The maximum absolute atomic E-state index is 15.3. The van der Waals surface area contributed by atoms with Gasteiger partial charge in [-0.1, -0.05) is 55.8 Å². The van der Waals surface area contributed by atoms with E-state index in [1.165, 1.54) is 30.9 Å². The van der Waals surface area contributed by atoms with Crippen molar-refractivity contribution in [3.63, 3.8) is 0 Å². The fourth-order valence-electron chi connectivity index (χ4n) is 4.05. The smallest absolute Gasteiger partial charge is 0.201 e. The topological polar surface area (TPSA) is 9.23 Å². The number of aryl methyl sites for hydroxylation is 1. The molecule has 4 rings (SSSR count).